The van der Waals surface area contributed by atoms with E-state index >= 15 is 0 Å². The van der Waals surface area contributed by atoms with E-state index in [9.17, 15) is 0 Å². The number of nitrogens with one attached hydrogen (secondary N) is 1. The molecule has 1 aromatic rings. The molecule has 1 rings (SSSR count). The molecule has 0 atom stereocenters. The number of hydrogen-bond donors (Lipinski definition) is 1. The zero-order chi connectivity index (χ0) is 15.5. The minimum atomic E-state index is 0.629. The molecule has 0 aliphatic heterocycles. The molecular formula is C17H29ClN2O. The second-order valence-electron chi connectivity index (χ2n) is 5.90. The summed E-state index contributed by atoms with van der Waals surface area (Å²) in [6.45, 7) is 9.07. The van der Waals surface area contributed by atoms with Crippen LogP contribution in [0.2, 0.25) is 5.02 Å². The van der Waals surface area contributed by atoms with Gasteiger partial charge in [-0.15, -0.1) is 0 Å². The van der Waals surface area contributed by atoms with Crippen LogP contribution in [0.5, 0.6) is 5.88 Å². The maximum absolute atomic E-state index is 6.17. The third kappa shape index (κ3) is 8.27. The van der Waals surface area contributed by atoms with Crippen LogP contribution < -0.4 is 10.1 Å². The number of aromatic nitrogens is 1. The molecule has 0 spiro atoms. The minimum Gasteiger partial charge on any atom is -0.478 e. The van der Waals surface area contributed by atoms with Gasteiger partial charge in [0, 0.05) is 18.8 Å². The number of hydrogen-bond acceptors (Lipinski definition) is 3. The summed E-state index contributed by atoms with van der Waals surface area (Å²) in [5.41, 5.74) is 1.05. The van der Waals surface area contributed by atoms with E-state index in [0.29, 0.717) is 16.8 Å². The zero-order valence-electron chi connectivity index (χ0n) is 13.6. The predicted octanol–water partition coefficient (Wildman–Crippen LogP) is 4.83. The van der Waals surface area contributed by atoms with E-state index in [4.69, 9.17) is 16.3 Å². The van der Waals surface area contributed by atoms with E-state index in [1.807, 2.05) is 6.07 Å². The second-order valence-corrected chi connectivity index (χ2v) is 6.31. The minimum absolute atomic E-state index is 0.629. The average Bonchev–Trinajstić information content (AvgIpc) is 2.45. The van der Waals surface area contributed by atoms with Crippen LogP contribution in [0, 0.1) is 5.92 Å². The lowest BCUT2D eigenvalue weighted by Crippen LogP contribution is -2.19. The third-order valence-electron chi connectivity index (χ3n) is 3.28. The van der Waals surface area contributed by atoms with E-state index in [1.165, 1.54) is 25.7 Å². The molecule has 120 valence electrons. The number of pyridine rings is 1. The fraction of sp³-hybridized carbons (Fsp3) is 0.706. The van der Waals surface area contributed by atoms with E-state index in [2.05, 4.69) is 31.1 Å². The van der Waals surface area contributed by atoms with Gasteiger partial charge in [0.2, 0.25) is 5.88 Å². The Bertz CT molecular complexity index is 396. The molecule has 0 fully saturated rings. The number of ether oxygens (including phenoxy) is 1. The van der Waals surface area contributed by atoms with Gasteiger partial charge in [0.15, 0.2) is 0 Å². The van der Waals surface area contributed by atoms with Crippen molar-refractivity contribution in [3.63, 3.8) is 0 Å². The van der Waals surface area contributed by atoms with Gasteiger partial charge in [-0.25, -0.2) is 4.98 Å². The average molecular weight is 313 g/mol. The Hall–Kier alpha value is -0.800. The molecule has 0 aliphatic carbocycles. The summed E-state index contributed by atoms with van der Waals surface area (Å²) in [4.78, 5) is 4.23. The van der Waals surface area contributed by atoms with Gasteiger partial charge in [0.05, 0.1) is 11.6 Å². The van der Waals surface area contributed by atoms with Gasteiger partial charge in [0.1, 0.15) is 0 Å². The van der Waals surface area contributed by atoms with Crippen LogP contribution in [0.4, 0.5) is 0 Å². The predicted molar refractivity (Wildman–Crippen MR) is 90.0 cm³/mol. The van der Waals surface area contributed by atoms with Crippen LogP contribution >= 0.6 is 11.6 Å². The topological polar surface area (TPSA) is 34.1 Å². The number of nitrogens with zero attached hydrogens (tertiary/aromatic N) is 1. The molecular weight excluding hydrogens is 284 g/mol. The van der Waals surface area contributed by atoms with Gasteiger partial charge < -0.3 is 10.1 Å². The third-order valence-corrected chi connectivity index (χ3v) is 3.62. The Morgan fingerprint density at radius 1 is 1.24 bits per heavy atom. The van der Waals surface area contributed by atoms with Gasteiger partial charge in [-0.3, -0.25) is 0 Å². The lowest BCUT2D eigenvalue weighted by Gasteiger charge is -2.11. The normalized spacial score (nSPS) is 11.1. The van der Waals surface area contributed by atoms with Crippen molar-refractivity contribution in [3.8, 4) is 5.88 Å². The molecule has 1 N–H and O–H groups in total. The van der Waals surface area contributed by atoms with E-state index in [0.717, 1.165) is 31.7 Å². The molecule has 0 aromatic carbocycles. The largest absolute Gasteiger partial charge is 0.478 e. The highest BCUT2D eigenvalue weighted by Crippen LogP contribution is 2.19. The summed E-state index contributed by atoms with van der Waals surface area (Å²) in [6, 6.07) is 1.95. The summed E-state index contributed by atoms with van der Waals surface area (Å²) in [5.74, 6) is 1.31. The highest BCUT2D eigenvalue weighted by atomic mass is 35.5. The van der Waals surface area contributed by atoms with Gasteiger partial charge in [-0.05, 0) is 24.4 Å². The summed E-state index contributed by atoms with van der Waals surface area (Å²) in [7, 11) is 0. The van der Waals surface area contributed by atoms with E-state index in [-0.39, 0.29) is 0 Å². The van der Waals surface area contributed by atoms with Gasteiger partial charge >= 0.3 is 0 Å². The maximum Gasteiger partial charge on any atom is 0.213 e. The van der Waals surface area contributed by atoms with Gasteiger partial charge in [-0.1, -0.05) is 58.1 Å². The van der Waals surface area contributed by atoms with Crippen LogP contribution in [-0.2, 0) is 6.54 Å². The van der Waals surface area contributed by atoms with Gasteiger partial charge in [0.25, 0.3) is 0 Å². The molecule has 0 saturated carbocycles. The molecule has 0 amide bonds. The van der Waals surface area contributed by atoms with Crippen molar-refractivity contribution in [2.45, 2.75) is 59.4 Å². The zero-order valence-corrected chi connectivity index (χ0v) is 14.4. The number of halogens is 1. The van der Waals surface area contributed by atoms with Crippen molar-refractivity contribution in [1.82, 2.24) is 10.3 Å². The molecule has 3 nitrogen and oxygen atoms in total. The molecule has 1 heterocycles. The molecule has 0 saturated heterocycles. The quantitative estimate of drug-likeness (QED) is 0.594. The lowest BCUT2D eigenvalue weighted by atomic mass is 10.2. The number of rotatable bonds is 11. The van der Waals surface area contributed by atoms with E-state index < -0.39 is 0 Å². The van der Waals surface area contributed by atoms with Crippen LogP contribution in [0.1, 0.15) is 58.4 Å². The first-order valence-corrected chi connectivity index (χ1v) is 8.49. The number of unbranched alkanes of at least 4 members (excludes halogenated alkanes) is 4. The van der Waals surface area contributed by atoms with Crippen molar-refractivity contribution >= 4 is 11.6 Å². The Morgan fingerprint density at radius 2 is 2.00 bits per heavy atom. The molecule has 0 aliphatic rings. The molecule has 0 bridgehead atoms. The molecule has 1 aromatic heterocycles. The first kappa shape index (κ1) is 18.2. The lowest BCUT2D eigenvalue weighted by molar-refractivity contribution is 0.293. The van der Waals surface area contributed by atoms with Crippen molar-refractivity contribution in [3.05, 3.63) is 22.8 Å². The Balaban J connectivity index is 2.34. The van der Waals surface area contributed by atoms with Gasteiger partial charge in [-0.2, -0.15) is 0 Å². The van der Waals surface area contributed by atoms with Crippen LogP contribution in [0.15, 0.2) is 12.3 Å². The van der Waals surface area contributed by atoms with Crippen molar-refractivity contribution < 1.29 is 4.74 Å². The standard InChI is InChI=1S/C17H29ClN2O/c1-4-5-6-7-8-9-21-17-10-15(16(18)13-20-17)12-19-11-14(2)3/h10,13-14,19H,4-9,11-12H2,1-3H3. The summed E-state index contributed by atoms with van der Waals surface area (Å²) in [6.07, 6.45) is 7.87. The summed E-state index contributed by atoms with van der Waals surface area (Å²) >= 11 is 6.17. The Kier molecular flexibility index (Phi) is 9.44. The van der Waals surface area contributed by atoms with Crippen LogP contribution in [0.3, 0.4) is 0 Å². The smallest absolute Gasteiger partial charge is 0.213 e. The maximum atomic E-state index is 6.17. The molecule has 4 heteroatoms. The first-order valence-electron chi connectivity index (χ1n) is 8.11. The van der Waals surface area contributed by atoms with Crippen molar-refractivity contribution in [1.29, 1.82) is 0 Å². The summed E-state index contributed by atoms with van der Waals surface area (Å²) < 4.78 is 5.71. The Labute approximate surface area is 134 Å². The Morgan fingerprint density at radius 3 is 2.71 bits per heavy atom. The fourth-order valence-electron chi connectivity index (χ4n) is 2.05. The van der Waals surface area contributed by atoms with E-state index in [1.54, 1.807) is 6.20 Å². The highest BCUT2D eigenvalue weighted by Gasteiger charge is 2.05. The SMILES string of the molecule is CCCCCCCOc1cc(CNCC(C)C)c(Cl)cn1. The molecule has 0 unspecified atom stereocenters. The van der Waals surface area contributed by atoms with Crippen LogP contribution in [0.25, 0.3) is 0 Å². The monoisotopic (exact) mass is 312 g/mol. The first-order chi connectivity index (χ1) is 10.1. The molecule has 0 radical (unpaired) electrons. The van der Waals surface area contributed by atoms with Crippen LogP contribution in [-0.4, -0.2) is 18.1 Å². The highest BCUT2D eigenvalue weighted by molar-refractivity contribution is 6.31. The fourth-order valence-corrected chi connectivity index (χ4v) is 2.22. The van der Waals surface area contributed by atoms with Crippen molar-refractivity contribution in [2.75, 3.05) is 13.2 Å². The molecule has 21 heavy (non-hydrogen) atoms. The second kappa shape index (κ2) is 10.9. The van der Waals surface area contributed by atoms with Crippen molar-refractivity contribution in [2.24, 2.45) is 5.92 Å². The summed E-state index contributed by atoms with van der Waals surface area (Å²) in [5, 5.41) is 4.09.